The van der Waals surface area contributed by atoms with Crippen LogP contribution in [-0.2, 0) is 14.3 Å². The van der Waals surface area contributed by atoms with Crippen LogP contribution in [0.3, 0.4) is 0 Å². The van der Waals surface area contributed by atoms with Crippen LogP contribution in [0.15, 0.2) is 0 Å². The largest absolute Gasteiger partial charge is 0.481 e. The van der Waals surface area contributed by atoms with E-state index in [0.29, 0.717) is 0 Å². The normalized spacial score (nSPS) is 40.0. The third-order valence-corrected chi connectivity index (χ3v) is 5.23. The summed E-state index contributed by atoms with van der Waals surface area (Å²) in [6.07, 6.45) is 5.37. The minimum absolute atomic E-state index is 0.0242. The van der Waals surface area contributed by atoms with E-state index in [0.717, 1.165) is 45.1 Å². The highest BCUT2D eigenvalue weighted by Gasteiger charge is 2.56. The average molecular weight is 281 g/mol. The Bertz CT molecular complexity index is 411. The molecule has 0 aromatic carbocycles. The van der Waals surface area contributed by atoms with Gasteiger partial charge in [0.1, 0.15) is 0 Å². The van der Waals surface area contributed by atoms with Crippen LogP contribution >= 0.6 is 0 Å². The number of likely N-dealkylation sites (tertiary alicyclic amines) is 1. The summed E-state index contributed by atoms with van der Waals surface area (Å²) < 4.78 is 5.71. The predicted octanol–water partition coefficient (Wildman–Crippen LogP) is 1.66. The molecule has 20 heavy (non-hydrogen) atoms. The number of piperidine rings is 1. The molecule has 0 aromatic rings. The summed E-state index contributed by atoms with van der Waals surface area (Å²) in [6, 6.07) is 0.282. The van der Waals surface area contributed by atoms with Gasteiger partial charge in [0.05, 0.1) is 24.0 Å². The smallest absolute Gasteiger partial charge is 0.310 e. The molecule has 2 bridgehead atoms. The Balaban J connectivity index is 1.80. The lowest BCUT2D eigenvalue weighted by atomic mass is 9.78. The second-order valence-corrected chi connectivity index (χ2v) is 6.27. The minimum Gasteiger partial charge on any atom is -0.481 e. The third-order valence-electron chi connectivity index (χ3n) is 5.23. The maximum Gasteiger partial charge on any atom is 0.310 e. The van der Waals surface area contributed by atoms with Gasteiger partial charge < -0.3 is 14.7 Å². The van der Waals surface area contributed by atoms with Crippen LogP contribution in [-0.4, -0.2) is 46.7 Å². The van der Waals surface area contributed by atoms with E-state index in [1.807, 2.05) is 4.90 Å². The summed E-state index contributed by atoms with van der Waals surface area (Å²) in [6.45, 7) is 2.87. The number of rotatable bonds is 3. The second-order valence-electron chi connectivity index (χ2n) is 6.27. The molecule has 3 fully saturated rings. The van der Waals surface area contributed by atoms with Crippen molar-refractivity contribution in [3.63, 3.8) is 0 Å². The lowest BCUT2D eigenvalue weighted by Crippen LogP contribution is -2.51. The van der Waals surface area contributed by atoms with Gasteiger partial charge in [-0.3, -0.25) is 9.59 Å². The van der Waals surface area contributed by atoms with Crippen LogP contribution in [0.2, 0.25) is 0 Å². The number of carboxylic acid groups (broad SMARTS) is 1. The summed E-state index contributed by atoms with van der Waals surface area (Å²) in [5.41, 5.74) is 0. The number of amides is 1. The highest BCUT2D eigenvalue weighted by Crippen LogP contribution is 2.45. The molecule has 3 saturated heterocycles. The fraction of sp³-hybridized carbons (Fsp3) is 0.867. The molecule has 5 heteroatoms. The number of fused-ring (bicyclic) bond motifs is 2. The fourth-order valence-corrected chi connectivity index (χ4v) is 4.21. The molecule has 3 heterocycles. The maximum atomic E-state index is 12.9. The summed E-state index contributed by atoms with van der Waals surface area (Å²) in [7, 11) is 0. The van der Waals surface area contributed by atoms with Gasteiger partial charge in [0.15, 0.2) is 0 Å². The standard InChI is InChI=1S/C15H23NO4/c1-2-9-5-3-4-8-16(9)14(17)12-10-6-7-11(20-10)13(12)15(18)19/h9-13H,2-8H2,1H3,(H,18,19)/t9-,10+,11-,12+,13+/m1/s1. The van der Waals surface area contributed by atoms with Crippen molar-refractivity contribution in [3.05, 3.63) is 0 Å². The minimum atomic E-state index is -0.874. The molecule has 0 spiro atoms. The van der Waals surface area contributed by atoms with Gasteiger partial charge in [0.2, 0.25) is 5.91 Å². The molecule has 112 valence electrons. The number of carbonyl (C=O) groups is 2. The van der Waals surface area contributed by atoms with Crippen molar-refractivity contribution < 1.29 is 19.4 Å². The zero-order valence-corrected chi connectivity index (χ0v) is 12.0. The first-order valence-corrected chi connectivity index (χ1v) is 7.82. The van der Waals surface area contributed by atoms with Crippen molar-refractivity contribution in [1.82, 2.24) is 4.90 Å². The first kappa shape index (κ1) is 13.9. The number of ether oxygens (including phenoxy) is 1. The molecule has 3 rings (SSSR count). The number of hydrogen-bond acceptors (Lipinski definition) is 3. The molecule has 1 N–H and O–H groups in total. The molecule has 3 aliphatic heterocycles. The van der Waals surface area contributed by atoms with Gasteiger partial charge >= 0.3 is 5.97 Å². The first-order chi connectivity index (χ1) is 9.63. The van der Waals surface area contributed by atoms with Gasteiger partial charge in [-0.1, -0.05) is 6.92 Å². The Morgan fingerprint density at radius 2 is 1.85 bits per heavy atom. The first-order valence-electron chi connectivity index (χ1n) is 7.82. The molecular formula is C15H23NO4. The second kappa shape index (κ2) is 5.35. The van der Waals surface area contributed by atoms with Crippen LogP contribution in [0.1, 0.15) is 45.4 Å². The van der Waals surface area contributed by atoms with Gasteiger partial charge in [-0.15, -0.1) is 0 Å². The van der Waals surface area contributed by atoms with Crippen molar-refractivity contribution in [2.24, 2.45) is 11.8 Å². The molecule has 3 aliphatic rings. The van der Waals surface area contributed by atoms with E-state index in [9.17, 15) is 14.7 Å². The van der Waals surface area contributed by atoms with Gasteiger partial charge in [0, 0.05) is 12.6 Å². The van der Waals surface area contributed by atoms with Crippen molar-refractivity contribution >= 4 is 11.9 Å². The van der Waals surface area contributed by atoms with Gasteiger partial charge in [-0.05, 0) is 38.5 Å². The molecule has 0 saturated carbocycles. The van der Waals surface area contributed by atoms with E-state index in [2.05, 4.69) is 6.92 Å². The SMILES string of the molecule is CC[C@@H]1CCCCN1C(=O)[C@@H]1[C@@H](C(=O)O)[C@H]2CC[C@@H]1O2. The molecule has 0 aromatic heterocycles. The van der Waals surface area contributed by atoms with Crippen molar-refractivity contribution in [3.8, 4) is 0 Å². The summed E-state index contributed by atoms with van der Waals surface area (Å²) >= 11 is 0. The summed E-state index contributed by atoms with van der Waals surface area (Å²) in [5.74, 6) is -1.95. The van der Waals surface area contributed by atoms with Crippen LogP contribution in [0.4, 0.5) is 0 Å². The fourth-order valence-electron chi connectivity index (χ4n) is 4.21. The molecule has 1 amide bonds. The maximum absolute atomic E-state index is 12.9. The summed E-state index contributed by atoms with van der Waals surface area (Å²) in [5, 5.41) is 9.43. The molecule has 0 radical (unpaired) electrons. The Morgan fingerprint density at radius 3 is 2.50 bits per heavy atom. The number of hydrogen-bond donors (Lipinski definition) is 1. The van der Waals surface area contributed by atoms with Gasteiger partial charge in [-0.2, -0.15) is 0 Å². The number of carbonyl (C=O) groups excluding carboxylic acids is 1. The van der Waals surface area contributed by atoms with E-state index in [4.69, 9.17) is 4.74 Å². The van der Waals surface area contributed by atoms with Crippen LogP contribution in [0.25, 0.3) is 0 Å². The molecule has 0 aliphatic carbocycles. The van der Waals surface area contributed by atoms with Crippen molar-refractivity contribution in [1.29, 1.82) is 0 Å². The number of carboxylic acids is 1. The van der Waals surface area contributed by atoms with Gasteiger partial charge in [-0.25, -0.2) is 0 Å². The lowest BCUT2D eigenvalue weighted by Gasteiger charge is -2.38. The molecule has 5 nitrogen and oxygen atoms in total. The van der Waals surface area contributed by atoms with E-state index in [1.165, 1.54) is 0 Å². The van der Waals surface area contributed by atoms with E-state index >= 15 is 0 Å². The number of nitrogens with zero attached hydrogens (tertiary/aromatic N) is 1. The zero-order chi connectivity index (χ0) is 14.3. The average Bonchev–Trinajstić information content (AvgIpc) is 3.06. The van der Waals surface area contributed by atoms with Crippen molar-refractivity contribution in [2.45, 2.75) is 63.7 Å². The lowest BCUT2D eigenvalue weighted by molar-refractivity contribution is -0.152. The van der Waals surface area contributed by atoms with Crippen LogP contribution in [0.5, 0.6) is 0 Å². The monoisotopic (exact) mass is 281 g/mol. The Hall–Kier alpha value is -1.10. The highest BCUT2D eigenvalue weighted by atomic mass is 16.5. The quantitative estimate of drug-likeness (QED) is 0.854. The Labute approximate surface area is 119 Å². The Morgan fingerprint density at radius 1 is 1.15 bits per heavy atom. The summed E-state index contributed by atoms with van der Waals surface area (Å²) in [4.78, 5) is 26.3. The number of aliphatic carboxylic acids is 1. The van der Waals surface area contributed by atoms with E-state index < -0.39 is 17.8 Å². The third kappa shape index (κ3) is 2.12. The van der Waals surface area contributed by atoms with Crippen LogP contribution < -0.4 is 0 Å². The van der Waals surface area contributed by atoms with E-state index in [1.54, 1.807) is 0 Å². The predicted molar refractivity (Wildman–Crippen MR) is 72.2 cm³/mol. The Kier molecular flexibility index (Phi) is 3.71. The van der Waals surface area contributed by atoms with E-state index in [-0.39, 0.29) is 24.2 Å². The highest BCUT2D eigenvalue weighted by molar-refractivity contribution is 5.87. The van der Waals surface area contributed by atoms with Crippen molar-refractivity contribution in [2.75, 3.05) is 6.54 Å². The van der Waals surface area contributed by atoms with Crippen LogP contribution in [0, 0.1) is 11.8 Å². The molecular weight excluding hydrogens is 258 g/mol. The van der Waals surface area contributed by atoms with Gasteiger partial charge in [0.25, 0.3) is 0 Å². The topological polar surface area (TPSA) is 66.8 Å². The molecule has 0 unspecified atom stereocenters. The molecule has 5 atom stereocenters. The zero-order valence-electron chi connectivity index (χ0n) is 12.0.